The molecule has 5 N–H and O–H groups in total. The fourth-order valence-corrected chi connectivity index (χ4v) is 3.32. The van der Waals surface area contributed by atoms with Crippen molar-refractivity contribution in [2.45, 2.75) is 13.1 Å². The molecule has 0 saturated heterocycles. The molecule has 8 heteroatoms. The molecular formula is C23H21N5O2S. The van der Waals surface area contributed by atoms with E-state index in [4.69, 9.17) is 22.2 Å². The van der Waals surface area contributed by atoms with Gasteiger partial charge in [-0.15, -0.1) is 0 Å². The molecule has 0 amide bonds. The van der Waals surface area contributed by atoms with Gasteiger partial charge < -0.3 is 26.2 Å². The lowest BCUT2D eigenvalue weighted by molar-refractivity contribution is 0.474. The summed E-state index contributed by atoms with van der Waals surface area (Å²) in [5, 5.41) is 29.1. The largest absolute Gasteiger partial charge is 0.508 e. The number of dihydropyridines is 1. The second-order valence-corrected chi connectivity index (χ2v) is 7.26. The van der Waals surface area contributed by atoms with E-state index in [1.807, 2.05) is 25.2 Å². The summed E-state index contributed by atoms with van der Waals surface area (Å²) in [6.07, 6.45) is 6.94. The minimum atomic E-state index is -0.401. The number of phenolic OH excluding ortho intramolecular Hbond substituents is 2. The molecule has 1 atom stereocenters. The van der Waals surface area contributed by atoms with E-state index >= 15 is 0 Å². The van der Waals surface area contributed by atoms with E-state index in [-0.39, 0.29) is 11.5 Å². The quantitative estimate of drug-likeness (QED) is 0.477. The van der Waals surface area contributed by atoms with Gasteiger partial charge in [-0.2, -0.15) is 0 Å². The SMILES string of the molecule is C/C=C/NC(=S)NC1=CC=C2N=C(c3ccc(O)cc3)C(c3ccc(O)cc3)=NC2N1. The molecule has 0 aromatic heterocycles. The van der Waals surface area contributed by atoms with E-state index in [0.717, 1.165) is 16.8 Å². The van der Waals surface area contributed by atoms with Crippen molar-refractivity contribution in [3.63, 3.8) is 0 Å². The molecule has 0 saturated carbocycles. The maximum absolute atomic E-state index is 9.68. The first-order valence-electron chi connectivity index (χ1n) is 9.66. The van der Waals surface area contributed by atoms with Crippen LogP contribution in [0.15, 0.2) is 94.5 Å². The predicted octanol–water partition coefficient (Wildman–Crippen LogP) is 3.04. The van der Waals surface area contributed by atoms with E-state index in [9.17, 15) is 10.2 Å². The summed E-state index contributed by atoms with van der Waals surface area (Å²) in [6, 6.07) is 13.7. The van der Waals surface area contributed by atoms with E-state index in [1.165, 1.54) is 0 Å². The summed E-state index contributed by atoms with van der Waals surface area (Å²) in [5.74, 6) is 1.06. The highest BCUT2D eigenvalue weighted by Crippen LogP contribution is 2.24. The van der Waals surface area contributed by atoms with Crippen LogP contribution in [0.1, 0.15) is 18.1 Å². The Kier molecular flexibility index (Phi) is 5.81. The highest BCUT2D eigenvalue weighted by Gasteiger charge is 2.27. The maximum atomic E-state index is 9.68. The average molecular weight is 432 g/mol. The fourth-order valence-electron chi connectivity index (χ4n) is 3.14. The molecule has 2 aromatic rings. The zero-order chi connectivity index (χ0) is 21.8. The van der Waals surface area contributed by atoms with Gasteiger partial charge in [0.15, 0.2) is 11.3 Å². The second-order valence-electron chi connectivity index (χ2n) is 6.85. The summed E-state index contributed by atoms with van der Waals surface area (Å²) in [4.78, 5) is 9.76. The van der Waals surface area contributed by atoms with Gasteiger partial charge in [0.1, 0.15) is 17.3 Å². The van der Waals surface area contributed by atoms with Crippen LogP contribution in [0.25, 0.3) is 0 Å². The van der Waals surface area contributed by atoms with Gasteiger partial charge in [-0.1, -0.05) is 6.08 Å². The molecule has 156 valence electrons. The minimum absolute atomic E-state index is 0.177. The minimum Gasteiger partial charge on any atom is -0.508 e. The van der Waals surface area contributed by atoms with E-state index in [0.29, 0.717) is 22.4 Å². The standard InChI is InChI=1S/C23H21N5O2S/c1-2-13-24-23(31)27-19-12-11-18-22(26-19)28-21(15-5-9-17(30)10-6-15)20(25-18)14-3-7-16(29)8-4-14/h2-13,22,26,29-30H,1H3,(H2,24,27,31)/b13-2+. The molecule has 1 unspecified atom stereocenters. The molecule has 2 aliphatic heterocycles. The third-order valence-electron chi connectivity index (χ3n) is 4.63. The van der Waals surface area contributed by atoms with Crippen LogP contribution in [0, 0.1) is 0 Å². The molecular weight excluding hydrogens is 410 g/mol. The number of nitrogens with zero attached hydrogens (tertiary/aromatic N) is 2. The number of rotatable bonds is 4. The molecule has 0 aliphatic carbocycles. The summed E-state index contributed by atoms with van der Waals surface area (Å²) in [7, 11) is 0. The highest BCUT2D eigenvalue weighted by atomic mass is 32.1. The summed E-state index contributed by atoms with van der Waals surface area (Å²) in [6.45, 7) is 1.90. The van der Waals surface area contributed by atoms with Crippen LogP contribution < -0.4 is 16.0 Å². The number of aromatic hydroxyl groups is 2. The smallest absolute Gasteiger partial charge is 0.175 e. The third kappa shape index (κ3) is 4.65. The van der Waals surface area contributed by atoms with Crippen LogP contribution in [0.4, 0.5) is 0 Å². The number of nitrogens with one attached hydrogen (secondary N) is 3. The number of hydrogen-bond donors (Lipinski definition) is 5. The first-order chi connectivity index (χ1) is 15.0. The van der Waals surface area contributed by atoms with Crippen molar-refractivity contribution in [2.75, 3.05) is 0 Å². The Hall–Kier alpha value is -3.91. The topological polar surface area (TPSA) is 101 Å². The van der Waals surface area contributed by atoms with Gasteiger partial charge in [-0.05, 0) is 86.0 Å². The van der Waals surface area contributed by atoms with Gasteiger partial charge >= 0.3 is 0 Å². The van der Waals surface area contributed by atoms with Crippen LogP contribution in [0.3, 0.4) is 0 Å². The van der Waals surface area contributed by atoms with Gasteiger partial charge in [0.25, 0.3) is 0 Å². The highest BCUT2D eigenvalue weighted by molar-refractivity contribution is 7.80. The Morgan fingerprint density at radius 2 is 1.58 bits per heavy atom. The number of aliphatic imine (C=N–C) groups is 2. The normalized spacial score (nSPS) is 17.5. The monoisotopic (exact) mass is 431 g/mol. The molecule has 0 fully saturated rings. The number of benzene rings is 2. The molecule has 2 aromatic carbocycles. The van der Waals surface area contributed by atoms with Crippen molar-refractivity contribution in [1.82, 2.24) is 16.0 Å². The molecule has 2 aliphatic rings. The molecule has 2 heterocycles. The molecule has 0 radical (unpaired) electrons. The Labute approximate surface area is 185 Å². The number of thiocarbonyl (C=S) groups is 1. The Balaban J connectivity index is 1.70. The number of allylic oxidation sites excluding steroid dienone is 3. The molecule has 7 nitrogen and oxygen atoms in total. The average Bonchev–Trinajstić information content (AvgIpc) is 2.78. The van der Waals surface area contributed by atoms with Gasteiger partial charge in [-0.3, -0.25) is 4.99 Å². The zero-order valence-electron chi connectivity index (χ0n) is 16.7. The maximum Gasteiger partial charge on any atom is 0.175 e. The molecule has 31 heavy (non-hydrogen) atoms. The lowest BCUT2D eigenvalue weighted by atomic mass is 9.97. The van der Waals surface area contributed by atoms with Crippen molar-refractivity contribution in [3.8, 4) is 11.5 Å². The Morgan fingerprint density at radius 1 is 0.968 bits per heavy atom. The summed E-state index contributed by atoms with van der Waals surface area (Å²) < 4.78 is 0. The number of hydrogen-bond acceptors (Lipinski definition) is 6. The lowest BCUT2D eigenvalue weighted by Gasteiger charge is -2.28. The molecule has 0 bridgehead atoms. The van der Waals surface area contributed by atoms with Gasteiger partial charge in [-0.25, -0.2) is 4.99 Å². The van der Waals surface area contributed by atoms with Crippen LogP contribution in [-0.2, 0) is 0 Å². The first kappa shape index (κ1) is 20.4. The van der Waals surface area contributed by atoms with E-state index < -0.39 is 6.17 Å². The van der Waals surface area contributed by atoms with Crippen molar-refractivity contribution < 1.29 is 10.2 Å². The number of phenols is 2. The van der Waals surface area contributed by atoms with Crippen molar-refractivity contribution in [3.05, 3.63) is 95.6 Å². The Bertz CT molecular complexity index is 1150. The van der Waals surface area contributed by atoms with Gasteiger partial charge in [0.05, 0.1) is 17.1 Å². The fraction of sp³-hybridized carbons (Fsp3) is 0.0870. The third-order valence-corrected chi connectivity index (χ3v) is 4.85. The van der Waals surface area contributed by atoms with E-state index in [2.05, 4.69) is 16.0 Å². The van der Waals surface area contributed by atoms with Crippen LogP contribution in [-0.4, -0.2) is 32.9 Å². The van der Waals surface area contributed by atoms with Crippen molar-refractivity contribution in [2.24, 2.45) is 9.98 Å². The van der Waals surface area contributed by atoms with Crippen LogP contribution in [0.5, 0.6) is 11.5 Å². The number of fused-ring (bicyclic) bond motifs is 1. The summed E-state index contributed by atoms with van der Waals surface area (Å²) in [5.41, 5.74) is 3.76. The second kappa shape index (κ2) is 8.85. The van der Waals surface area contributed by atoms with Gasteiger partial charge in [0, 0.05) is 11.1 Å². The Morgan fingerprint density at radius 3 is 2.19 bits per heavy atom. The van der Waals surface area contributed by atoms with Crippen LogP contribution in [0.2, 0.25) is 0 Å². The van der Waals surface area contributed by atoms with E-state index in [1.54, 1.807) is 54.7 Å². The lowest BCUT2D eigenvalue weighted by Crippen LogP contribution is -2.43. The first-order valence-corrected chi connectivity index (χ1v) is 10.1. The zero-order valence-corrected chi connectivity index (χ0v) is 17.5. The van der Waals surface area contributed by atoms with Crippen LogP contribution >= 0.6 is 12.2 Å². The van der Waals surface area contributed by atoms with Gasteiger partial charge in [0.2, 0.25) is 0 Å². The van der Waals surface area contributed by atoms with Crippen molar-refractivity contribution >= 4 is 28.8 Å². The predicted molar refractivity (Wildman–Crippen MR) is 126 cm³/mol. The molecule has 0 spiro atoms. The van der Waals surface area contributed by atoms with Crippen molar-refractivity contribution in [1.29, 1.82) is 0 Å². The summed E-state index contributed by atoms with van der Waals surface area (Å²) >= 11 is 5.27. The molecule has 4 rings (SSSR count).